The smallest absolute Gasteiger partial charge is 0.277 e. The van der Waals surface area contributed by atoms with Crippen molar-refractivity contribution in [1.82, 2.24) is 20.2 Å². The Morgan fingerprint density at radius 2 is 1.62 bits per heavy atom. The highest BCUT2D eigenvalue weighted by Crippen LogP contribution is 2.41. The molecule has 0 saturated heterocycles. The Kier molecular flexibility index (Phi) is 9.30. The zero-order chi connectivity index (χ0) is 32.8. The predicted molar refractivity (Wildman–Crippen MR) is 180 cm³/mol. The molecule has 4 aromatic carbocycles. The number of hydrogen-bond acceptors (Lipinski definition) is 10. The van der Waals surface area contributed by atoms with E-state index in [-0.39, 0.29) is 22.7 Å². The van der Waals surface area contributed by atoms with Gasteiger partial charge in [-0.15, -0.1) is 10.2 Å². The number of aromatic nitrogens is 4. The van der Waals surface area contributed by atoms with Crippen LogP contribution in [0.15, 0.2) is 101 Å². The summed E-state index contributed by atoms with van der Waals surface area (Å²) in [5.41, 5.74) is 4.99. The van der Waals surface area contributed by atoms with Gasteiger partial charge in [-0.05, 0) is 66.2 Å². The first-order valence-corrected chi connectivity index (χ1v) is 15.4. The highest BCUT2D eigenvalue weighted by atomic mass is 32.2. The molecule has 12 heteroatoms. The van der Waals surface area contributed by atoms with E-state index in [0.29, 0.717) is 45.8 Å². The summed E-state index contributed by atoms with van der Waals surface area (Å²) >= 11 is 1.12. The maximum Gasteiger partial charge on any atom is 0.277 e. The minimum Gasteiger partial charge on any atom is -0.493 e. The van der Waals surface area contributed by atoms with Crippen molar-refractivity contribution in [3.63, 3.8) is 0 Å². The van der Waals surface area contributed by atoms with Gasteiger partial charge in [0, 0.05) is 22.4 Å². The monoisotopic (exact) mass is 647 g/mol. The number of methoxy groups -OCH3 is 3. The van der Waals surface area contributed by atoms with Gasteiger partial charge >= 0.3 is 0 Å². The van der Waals surface area contributed by atoms with Crippen LogP contribution >= 0.6 is 11.8 Å². The second-order valence-corrected chi connectivity index (χ2v) is 11.1. The van der Waals surface area contributed by atoms with Gasteiger partial charge in [-0.1, -0.05) is 48.2 Å². The number of aromatic amines is 1. The predicted octanol–water partition coefficient (Wildman–Crippen LogP) is 6.93. The van der Waals surface area contributed by atoms with E-state index in [0.717, 1.165) is 33.9 Å². The van der Waals surface area contributed by atoms with Crippen molar-refractivity contribution in [2.75, 3.05) is 32.4 Å². The van der Waals surface area contributed by atoms with Gasteiger partial charge in [-0.2, -0.15) is 0 Å². The third kappa shape index (κ3) is 7.18. The van der Waals surface area contributed by atoms with Gasteiger partial charge < -0.3 is 28.9 Å². The second-order valence-electron chi connectivity index (χ2n) is 10.1. The fourth-order valence-corrected chi connectivity index (χ4v) is 5.32. The molecule has 0 bridgehead atoms. The van der Waals surface area contributed by atoms with Crippen molar-refractivity contribution in [2.45, 2.75) is 5.22 Å². The molecule has 47 heavy (non-hydrogen) atoms. The summed E-state index contributed by atoms with van der Waals surface area (Å²) in [6, 6.07) is 25.5. The molecular formula is C35H29N5O6S. The summed E-state index contributed by atoms with van der Waals surface area (Å²) in [6.45, 7) is 0. The Labute approximate surface area is 274 Å². The lowest BCUT2D eigenvalue weighted by molar-refractivity contribution is -0.113. The molecule has 0 saturated carbocycles. The van der Waals surface area contributed by atoms with E-state index >= 15 is 0 Å². The van der Waals surface area contributed by atoms with Crippen LogP contribution in [-0.2, 0) is 4.79 Å². The van der Waals surface area contributed by atoms with Crippen LogP contribution in [0.5, 0.6) is 17.2 Å². The Balaban J connectivity index is 1.07. The quantitative estimate of drug-likeness (QED) is 0.0816. The van der Waals surface area contributed by atoms with Gasteiger partial charge in [-0.25, -0.2) is 4.98 Å². The Morgan fingerprint density at radius 3 is 2.32 bits per heavy atom. The Hall–Kier alpha value is -5.88. The number of rotatable bonds is 12. The third-order valence-electron chi connectivity index (χ3n) is 7.08. The molecule has 0 spiro atoms. The van der Waals surface area contributed by atoms with Crippen molar-refractivity contribution in [2.24, 2.45) is 0 Å². The minimum absolute atomic E-state index is 0.0554. The topological polar surface area (TPSA) is 141 Å². The van der Waals surface area contributed by atoms with E-state index in [1.807, 2.05) is 60.7 Å². The maximum atomic E-state index is 12.6. The number of ether oxygens (including phenoxy) is 3. The number of imidazole rings is 1. The summed E-state index contributed by atoms with van der Waals surface area (Å²) in [4.78, 5) is 33.1. The number of anilines is 1. The summed E-state index contributed by atoms with van der Waals surface area (Å²) < 4.78 is 22.2. The number of H-pyrrole nitrogens is 1. The highest BCUT2D eigenvalue weighted by molar-refractivity contribution is 7.99. The molecule has 0 atom stereocenters. The largest absolute Gasteiger partial charge is 0.493 e. The molecule has 1 amide bonds. The molecule has 0 fully saturated rings. The van der Waals surface area contributed by atoms with Crippen LogP contribution in [0, 0.1) is 0 Å². The van der Waals surface area contributed by atoms with Crippen molar-refractivity contribution in [3.05, 3.63) is 102 Å². The molecule has 6 rings (SSSR count). The summed E-state index contributed by atoms with van der Waals surface area (Å²) in [5.74, 6) is 2.13. The van der Waals surface area contributed by atoms with Crippen molar-refractivity contribution < 1.29 is 28.2 Å². The van der Waals surface area contributed by atoms with Gasteiger partial charge in [0.25, 0.3) is 5.22 Å². The SMILES string of the molecule is COc1cc(-c2nc3ccc(-c4nnc(SCC(=O)Nc5ccc(C(=O)/C=C/c6ccccc6)cc5)o4)cc3[nH]2)cc(OC)c1OC. The highest BCUT2D eigenvalue weighted by Gasteiger charge is 2.17. The van der Waals surface area contributed by atoms with Crippen LogP contribution < -0.4 is 19.5 Å². The molecule has 0 unspecified atom stereocenters. The number of benzene rings is 4. The van der Waals surface area contributed by atoms with Crippen LogP contribution in [0.25, 0.3) is 40.0 Å². The lowest BCUT2D eigenvalue weighted by Gasteiger charge is -2.13. The molecule has 0 aliphatic heterocycles. The van der Waals surface area contributed by atoms with E-state index < -0.39 is 0 Å². The number of nitrogens with one attached hydrogen (secondary N) is 2. The van der Waals surface area contributed by atoms with Crippen LogP contribution in [0.2, 0.25) is 0 Å². The van der Waals surface area contributed by atoms with Crippen LogP contribution in [0.1, 0.15) is 15.9 Å². The molecule has 2 heterocycles. The molecule has 2 aromatic heterocycles. The van der Waals surface area contributed by atoms with E-state index in [9.17, 15) is 9.59 Å². The van der Waals surface area contributed by atoms with Crippen molar-refractivity contribution in [3.8, 4) is 40.1 Å². The number of ketones is 1. The Bertz CT molecular complexity index is 2050. The molecule has 236 valence electrons. The van der Waals surface area contributed by atoms with E-state index in [1.54, 1.807) is 51.7 Å². The molecule has 11 nitrogen and oxygen atoms in total. The van der Waals surface area contributed by atoms with Gasteiger partial charge in [0.05, 0.1) is 38.1 Å². The zero-order valence-electron chi connectivity index (χ0n) is 25.6. The number of thioether (sulfide) groups is 1. The lowest BCUT2D eigenvalue weighted by atomic mass is 10.1. The van der Waals surface area contributed by atoms with Crippen LogP contribution in [0.3, 0.4) is 0 Å². The number of hydrogen-bond donors (Lipinski definition) is 2. The Morgan fingerprint density at radius 1 is 0.872 bits per heavy atom. The molecule has 2 N–H and O–H groups in total. The van der Waals surface area contributed by atoms with Gasteiger partial charge in [0.15, 0.2) is 17.3 Å². The molecular weight excluding hydrogens is 618 g/mol. The van der Waals surface area contributed by atoms with E-state index in [1.165, 1.54) is 6.08 Å². The molecule has 0 aliphatic rings. The number of fused-ring (bicyclic) bond motifs is 1. The number of nitrogens with zero attached hydrogens (tertiary/aromatic N) is 3. The summed E-state index contributed by atoms with van der Waals surface area (Å²) in [7, 11) is 4.67. The van der Waals surface area contributed by atoms with Crippen molar-refractivity contribution in [1.29, 1.82) is 0 Å². The second kappa shape index (κ2) is 14.0. The number of carbonyl (C=O) groups excluding carboxylic acids is 2. The first-order chi connectivity index (χ1) is 22.9. The average Bonchev–Trinajstić information content (AvgIpc) is 3.77. The minimum atomic E-state index is -0.254. The number of carbonyl (C=O) groups is 2. The van der Waals surface area contributed by atoms with Gasteiger partial charge in [-0.3, -0.25) is 9.59 Å². The molecule has 6 aromatic rings. The summed E-state index contributed by atoms with van der Waals surface area (Å²) in [5, 5.41) is 11.3. The van der Waals surface area contributed by atoms with E-state index in [4.69, 9.17) is 23.6 Å². The van der Waals surface area contributed by atoms with Crippen LogP contribution in [0.4, 0.5) is 5.69 Å². The van der Waals surface area contributed by atoms with Crippen LogP contribution in [-0.4, -0.2) is 58.9 Å². The average molecular weight is 648 g/mol. The fraction of sp³-hybridized carbons (Fsp3) is 0.114. The first kappa shape index (κ1) is 31.1. The first-order valence-electron chi connectivity index (χ1n) is 14.4. The summed E-state index contributed by atoms with van der Waals surface area (Å²) in [6.07, 6.45) is 3.30. The van der Waals surface area contributed by atoms with Crippen molar-refractivity contribution >= 4 is 46.2 Å². The third-order valence-corrected chi connectivity index (χ3v) is 7.90. The molecule has 0 aliphatic carbocycles. The van der Waals surface area contributed by atoms with Gasteiger partial charge in [0.2, 0.25) is 17.5 Å². The van der Waals surface area contributed by atoms with E-state index in [2.05, 4.69) is 20.5 Å². The fourth-order valence-electron chi connectivity index (χ4n) is 4.76. The number of allylic oxidation sites excluding steroid dienone is 1. The standard InChI is InChI=1S/C35H29N5O6S/c1-43-29-18-24(19-30(44-2)32(29)45-3)33-37-26-15-12-23(17-27(26)38-33)34-39-40-35(46-34)47-20-31(42)36-25-13-10-22(11-14-25)28(41)16-9-21-7-5-4-6-8-21/h4-19H,20H2,1-3H3,(H,36,42)(H,37,38)/b16-9+. The zero-order valence-corrected chi connectivity index (χ0v) is 26.5. The molecule has 0 radical (unpaired) electrons. The van der Waals surface area contributed by atoms with Gasteiger partial charge in [0.1, 0.15) is 5.82 Å². The maximum absolute atomic E-state index is 12.6. The lowest BCUT2D eigenvalue weighted by Crippen LogP contribution is -2.14. The number of amides is 1. The normalized spacial score (nSPS) is 11.1.